The number of aromatic nitrogens is 2. The van der Waals surface area contributed by atoms with Crippen LogP contribution in [0, 0.1) is 26.2 Å². The van der Waals surface area contributed by atoms with E-state index >= 15 is 0 Å². The van der Waals surface area contributed by atoms with Gasteiger partial charge in [0.15, 0.2) is 0 Å². The molecule has 0 bridgehead atoms. The summed E-state index contributed by atoms with van der Waals surface area (Å²) >= 11 is 0. The van der Waals surface area contributed by atoms with Crippen LogP contribution in [0.4, 0.5) is 5.69 Å². The monoisotopic (exact) mass is 267 g/mol. The molecule has 0 radical (unpaired) electrons. The van der Waals surface area contributed by atoms with Crippen molar-refractivity contribution in [2.45, 2.75) is 26.8 Å². The van der Waals surface area contributed by atoms with Gasteiger partial charge in [0.25, 0.3) is 5.56 Å². The third-order valence-corrected chi connectivity index (χ3v) is 3.11. The number of rotatable bonds is 3. The summed E-state index contributed by atoms with van der Waals surface area (Å²) < 4.78 is 0. The van der Waals surface area contributed by atoms with Gasteiger partial charge in [0.2, 0.25) is 0 Å². The smallest absolute Gasteiger partial charge is 0.256 e. The number of hydrogen-bond donors (Lipinski definition) is 2. The molecule has 1 aromatic carbocycles. The van der Waals surface area contributed by atoms with Gasteiger partial charge >= 0.3 is 0 Å². The van der Waals surface area contributed by atoms with Crippen molar-refractivity contribution in [1.29, 1.82) is 0 Å². The van der Waals surface area contributed by atoms with Crippen LogP contribution in [0.1, 0.15) is 35.6 Å². The molecular weight excluding hydrogens is 250 g/mol. The van der Waals surface area contributed by atoms with Gasteiger partial charge in [-0.05, 0) is 39.0 Å². The molecule has 0 fully saturated rings. The predicted molar refractivity (Wildman–Crippen MR) is 80.7 cm³/mol. The largest absolute Gasteiger partial charge is 0.378 e. The highest BCUT2D eigenvalue weighted by Gasteiger charge is 2.14. The van der Waals surface area contributed by atoms with E-state index in [9.17, 15) is 4.79 Å². The first kappa shape index (κ1) is 13.9. The molecule has 1 unspecified atom stereocenters. The van der Waals surface area contributed by atoms with E-state index in [1.807, 2.05) is 38.1 Å². The molecule has 0 spiro atoms. The average molecular weight is 267 g/mol. The van der Waals surface area contributed by atoms with Gasteiger partial charge in [0.1, 0.15) is 5.82 Å². The van der Waals surface area contributed by atoms with Crippen molar-refractivity contribution in [1.82, 2.24) is 9.97 Å². The highest BCUT2D eigenvalue weighted by atomic mass is 16.1. The van der Waals surface area contributed by atoms with Gasteiger partial charge in [0.05, 0.1) is 17.3 Å². The summed E-state index contributed by atoms with van der Waals surface area (Å²) in [6.45, 7) is 5.54. The number of benzene rings is 1. The topological polar surface area (TPSA) is 57.8 Å². The maximum absolute atomic E-state index is 12.0. The molecular formula is C16H17N3O. The van der Waals surface area contributed by atoms with E-state index in [4.69, 9.17) is 6.42 Å². The third-order valence-electron chi connectivity index (χ3n) is 3.11. The van der Waals surface area contributed by atoms with Crippen molar-refractivity contribution < 1.29 is 0 Å². The fourth-order valence-electron chi connectivity index (χ4n) is 2.27. The fraction of sp³-hybridized carbons (Fsp3) is 0.250. The van der Waals surface area contributed by atoms with Gasteiger partial charge in [-0.1, -0.05) is 12.0 Å². The molecule has 102 valence electrons. The third kappa shape index (κ3) is 2.89. The minimum atomic E-state index is -0.153. The number of aromatic amines is 1. The normalized spacial score (nSPS) is 11.7. The second kappa shape index (κ2) is 5.62. The first-order chi connectivity index (χ1) is 9.51. The molecule has 0 aliphatic carbocycles. The number of nitrogens with one attached hydrogen (secondary N) is 2. The van der Waals surface area contributed by atoms with Crippen LogP contribution in [-0.2, 0) is 0 Å². The molecule has 0 saturated carbocycles. The highest BCUT2D eigenvalue weighted by molar-refractivity contribution is 5.51. The van der Waals surface area contributed by atoms with Crippen molar-refractivity contribution in [2.24, 2.45) is 0 Å². The minimum Gasteiger partial charge on any atom is -0.378 e. The zero-order valence-electron chi connectivity index (χ0n) is 11.8. The molecule has 1 aromatic heterocycles. The molecule has 1 atom stereocenters. The van der Waals surface area contributed by atoms with E-state index in [0.29, 0.717) is 11.4 Å². The van der Waals surface area contributed by atoms with E-state index in [0.717, 1.165) is 16.9 Å². The molecule has 4 nitrogen and oxygen atoms in total. The van der Waals surface area contributed by atoms with Gasteiger partial charge in [-0.3, -0.25) is 4.79 Å². The lowest BCUT2D eigenvalue weighted by Crippen LogP contribution is -2.23. The molecule has 2 N–H and O–H groups in total. The van der Waals surface area contributed by atoms with E-state index in [2.05, 4.69) is 21.2 Å². The summed E-state index contributed by atoms with van der Waals surface area (Å²) in [5.41, 5.74) is 2.95. The fourth-order valence-corrected chi connectivity index (χ4v) is 2.27. The van der Waals surface area contributed by atoms with E-state index in [1.54, 1.807) is 6.92 Å². The van der Waals surface area contributed by atoms with Crippen molar-refractivity contribution in [2.75, 3.05) is 5.32 Å². The second-order valence-electron chi connectivity index (χ2n) is 4.74. The van der Waals surface area contributed by atoms with Gasteiger partial charge < -0.3 is 10.3 Å². The van der Waals surface area contributed by atoms with Crippen LogP contribution < -0.4 is 10.9 Å². The summed E-state index contributed by atoms with van der Waals surface area (Å²) in [6, 6.07) is 7.39. The Morgan fingerprint density at radius 1 is 1.40 bits per heavy atom. The Kier molecular flexibility index (Phi) is 3.90. The molecule has 0 saturated heterocycles. The van der Waals surface area contributed by atoms with Crippen molar-refractivity contribution in [3.8, 4) is 12.3 Å². The quantitative estimate of drug-likeness (QED) is 0.840. The zero-order chi connectivity index (χ0) is 14.7. The summed E-state index contributed by atoms with van der Waals surface area (Å²) in [4.78, 5) is 19.1. The van der Waals surface area contributed by atoms with Crippen molar-refractivity contribution in [3.63, 3.8) is 0 Å². The maximum atomic E-state index is 12.0. The summed E-state index contributed by atoms with van der Waals surface area (Å²) in [5.74, 6) is 3.21. The summed E-state index contributed by atoms with van der Waals surface area (Å²) in [5, 5.41) is 3.28. The first-order valence-corrected chi connectivity index (χ1v) is 6.42. The Labute approximate surface area is 118 Å². The highest BCUT2D eigenvalue weighted by Crippen LogP contribution is 2.19. The summed E-state index contributed by atoms with van der Waals surface area (Å²) in [6.07, 6.45) is 5.38. The van der Waals surface area contributed by atoms with Crippen LogP contribution in [0.2, 0.25) is 0 Å². The van der Waals surface area contributed by atoms with E-state index in [-0.39, 0.29) is 11.6 Å². The van der Waals surface area contributed by atoms with E-state index < -0.39 is 0 Å². The van der Waals surface area contributed by atoms with E-state index in [1.165, 1.54) is 0 Å². The summed E-state index contributed by atoms with van der Waals surface area (Å²) in [7, 11) is 0. The maximum Gasteiger partial charge on any atom is 0.256 e. The second-order valence-corrected chi connectivity index (χ2v) is 4.74. The minimum absolute atomic E-state index is 0.108. The van der Waals surface area contributed by atoms with Crippen LogP contribution in [0.5, 0.6) is 0 Å². The first-order valence-electron chi connectivity index (χ1n) is 6.42. The van der Waals surface area contributed by atoms with Crippen molar-refractivity contribution >= 4 is 5.69 Å². The Morgan fingerprint density at radius 2 is 2.15 bits per heavy atom. The molecule has 0 aliphatic heterocycles. The molecule has 20 heavy (non-hydrogen) atoms. The number of terminal acetylenes is 1. The Bertz CT molecular complexity index is 725. The number of hydrogen-bond acceptors (Lipinski definition) is 3. The molecule has 2 rings (SSSR count). The van der Waals surface area contributed by atoms with Gasteiger partial charge in [-0.15, -0.1) is 6.42 Å². The number of H-pyrrole nitrogens is 1. The zero-order valence-corrected chi connectivity index (χ0v) is 11.8. The molecule has 0 aliphatic rings. The van der Waals surface area contributed by atoms with Crippen LogP contribution in [0.15, 0.2) is 29.1 Å². The SMILES string of the molecule is C#Cc1cccc(NC(C)c2c(C)nc(C)[nH]c2=O)c1. The van der Waals surface area contributed by atoms with Crippen LogP contribution >= 0.6 is 0 Å². The number of anilines is 1. The average Bonchev–Trinajstić information content (AvgIpc) is 2.37. The predicted octanol–water partition coefficient (Wildman–Crippen LogP) is 2.54. The van der Waals surface area contributed by atoms with Crippen molar-refractivity contribution in [3.05, 3.63) is 57.3 Å². The standard InChI is InChI=1S/C16H17N3O/c1-5-13-7-6-8-14(9-13)18-11(3)15-10(2)17-12(4)19-16(15)20/h1,6-9,11,18H,2-4H3,(H,17,19,20). The molecule has 0 amide bonds. The Balaban J connectivity index is 2.31. The lowest BCUT2D eigenvalue weighted by Gasteiger charge is -2.16. The van der Waals surface area contributed by atoms with Crippen LogP contribution in [-0.4, -0.2) is 9.97 Å². The Morgan fingerprint density at radius 3 is 2.80 bits per heavy atom. The molecule has 2 aromatic rings. The van der Waals surface area contributed by atoms with Gasteiger partial charge in [-0.2, -0.15) is 0 Å². The van der Waals surface area contributed by atoms with Crippen LogP contribution in [0.3, 0.4) is 0 Å². The number of nitrogens with zero attached hydrogens (tertiary/aromatic N) is 1. The van der Waals surface area contributed by atoms with Gasteiger partial charge in [0, 0.05) is 11.3 Å². The van der Waals surface area contributed by atoms with Crippen LogP contribution in [0.25, 0.3) is 0 Å². The number of aryl methyl sites for hydroxylation is 2. The molecule has 1 heterocycles. The lowest BCUT2D eigenvalue weighted by atomic mass is 10.1. The molecule has 4 heteroatoms. The lowest BCUT2D eigenvalue weighted by molar-refractivity contribution is 0.814. The van der Waals surface area contributed by atoms with Gasteiger partial charge in [-0.25, -0.2) is 4.98 Å². The Hall–Kier alpha value is -2.54.